The number of nitrogens with two attached hydrogens (primary N) is 1. The summed E-state index contributed by atoms with van der Waals surface area (Å²) in [6, 6.07) is 7.80. The molecule has 1 aromatic carbocycles. The summed E-state index contributed by atoms with van der Waals surface area (Å²) in [5.74, 6) is 3.26. The maximum atomic E-state index is 11.7. The second-order valence-corrected chi connectivity index (χ2v) is 4.76. The predicted octanol–water partition coefficient (Wildman–Crippen LogP) is -1.73. The average Bonchev–Trinajstić information content (AvgIpc) is 2.46. The van der Waals surface area contributed by atoms with E-state index in [9.17, 15) is 4.79 Å². The Morgan fingerprint density at radius 3 is 2.86 bits per heavy atom. The lowest BCUT2D eigenvalue weighted by molar-refractivity contribution is -0.673. The molecular weight excluding hydrogens is 288 g/mol. The minimum absolute atomic E-state index is 0. The lowest BCUT2D eigenvalue weighted by Crippen LogP contribution is -3.00. The standard InChI is InChI=1S/C16H22N2O2.ClH/c1-5-13(3)17-11-10-14-8-7-9-15(12-14)20-16(19)18(4)6-2;/h1,7-9,12-13,17H,6,10-11H2,2-4H3;1H. The van der Waals surface area contributed by atoms with Gasteiger partial charge in [-0.2, -0.15) is 0 Å². The predicted molar refractivity (Wildman–Crippen MR) is 79.6 cm³/mol. The molecule has 0 spiro atoms. The third-order valence-electron chi connectivity index (χ3n) is 3.11. The molecule has 1 aromatic rings. The van der Waals surface area contributed by atoms with Crippen LogP contribution in [-0.2, 0) is 6.42 Å². The quantitative estimate of drug-likeness (QED) is 0.635. The topological polar surface area (TPSA) is 46.1 Å². The van der Waals surface area contributed by atoms with Crippen molar-refractivity contribution in [3.05, 3.63) is 29.8 Å². The van der Waals surface area contributed by atoms with Crippen molar-refractivity contribution in [1.29, 1.82) is 0 Å². The van der Waals surface area contributed by atoms with Gasteiger partial charge in [0.1, 0.15) is 11.8 Å². The number of hydrogen-bond acceptors (Lipinski definition) is 2. The van der Waals surface area contributed by atoms with Crippen LogP contribution in [0.5, 0.6) is 5.75 Å². The molecule has 0 fully saturated rings. The van der Waals surface area contributed by atoms with Gasteiger partial charge in [-0.05, 0) is 37.5 Å². The number of benzene rings is 1. The molecule has 0 aliphatic rings. The highest BCUT2D eigenvalue weighted by Gasteiger charge is 2.09. The summed E-state index contributed by atoms with van der Waals surface area (Å²) in [5, 5.41) is 2.11. The van der Waals surface area contributed by atoms with Crippen LogP contribution >= 0.6 is 0 Å². The molecule has 0 radical (unpaired) electrons. The molecule has 21 heavy (non-hydrogen) atoms. The first-order chi connectivity index (χ1) is 9.56. The van der Waals surface area contributed by atoms with Gasteiger partial charge in [0.15, 0.2) is 0 Å². The summed E-state index contributed by atoms with van der Waals surface area (Å²) in [4.78, 5) is 13.2. The van der Waals surface area contributed by atoms with Gasteiger partial charge in [0, 0.05) is 20.0 Å². The van der Waals surface area contributed by atoms with E-state index in [1.54, 1.807) is 13.1 Å². The van der Waals surface area contributed by atoms with Gasteiger partial charge in [-0.3, -0.25) is 0 Å². The van der Waals surface area contributed by atoms with E-state index in [4.69, 9.17) is 11.2 Å². The van der Waals surface area contributed by atoms with E-state index in [-0.39, 0.29) is 24.5 Å². The Morgan fingerprint density at radius 1 is 1.52 bits per heavy atom. The second kappa shape index (κ2) is 10.1. The first-order valence-corrected chi connectivity index (χ1v) is 6.88. The molecule has 0 bridgehead atoms. The van der Waals surface area contributed by atoms with E-state index in [0.29, 0.717) is 12.3 Å². The molecule has 0 aromatic heterocycles. The maximum absolute atomic E-state index is 11.7. The average molecular weight is 311 g/mol. The van der Waals surface area contributed by atoms with Gasteiger partial charge >= 0.3 is 6.09 Å². The van der Waals surface area contributed by atoms with Crippen LogP contribution in [-0.4, -0.2) is 37.2 Å². The summed E-state index contributed by atoms with van der Waals surface area (Å²) in [6.07, 6.45) is 5.88. The fraction of sp³-hybridized carbons (Fsp3) is 0.438. The van der Waals surface area contributed by atoms with Crippen molar-refractivity contribution >= 4 is 6.09 Å². The monoisotopic (exact) mass is 310 g/mol. The lowest BCUT2D eigenvalue weighted by atomic mass is 10.1. The van der Waals surface area contributed by atoms with E-state index in [1.807, 2.05) is 32.0 Å². The van der Waals surface area contributed by atoms with Crippen molar-refractivity contribution in [2.45, 2.75) is 26.3 Å². The van der Waals surface area contributed by atoms with Crippen molar-refractivity contribution in [1.82, 2.24) is 4.90 Å². The minimum Gasteiger partial charge on any atom is -1.00 e. The smallest absolute Gasteiger partial charge is 0.414 e. The van der Waals surface area contributed by atoms with Crippen molar-refractivity contribution in [2.75, 3.05) is 20.1 Å². The van der Waals surface area contributed by atoms with Crippen LogP contribution in [0, 0.1) is 12.3 Å². The van der Waals surface area contributed by atoms with Crippen LogP contribution in [0.15, 0.2) is 24.3 Å². The molecule has 116 valence electrons. The van der Waals surface area contributed by atoms with Gasteiger partial charge in [-0.25, -0.2) is 4.79 Å². The first-order valence-electron chi connectivity index (χ1n) is 6.88. The maximum Gasteiger partial charge on any atom is 0.414 e. The fourth-order valence-electron chi connectivity index (χ4n) is 1.64. The molecule has 0 aliphatic carbocycles. The second-order valence-electron chi connectivity index (χ2n) is 4.76. The third-order valence-corrected chi connectivity index (χ3v) is 3.11. The number of hydrogen-bond donors (Lipinski definition) is 1. The zero-order chi connectivity index (χ0) is 15.0. The first kappa shape index (κ1) is 19.3. The number of ether oxygens (including phenoxy) is 1. The highest BCUT2D eigenvalue weighted by Crippen LogP contribution is 2.14. The SMILES string of the molecule is C#CC(C)[NH2+]CCc1cccc(OC(=O)N(C)CC)c1.[Cl-]. The third kappa shape index (κ3) is 7.03. The van der Waals surface area contributed by atoms with Gasteiger partial charge in [-0.1, -0.05) is 12.1 Å². The van der Waals surface area contributed by atoms with Crippen LogP contribution in [0.3, 0.4) is 0 Å². The van der Waals surface area contributed by atoms with Crippen LogP contribution in [0.1, 0.15) is 19.4 Å². The summed E-state index contributed by atoms with van der Waals surface area (Å²) >= 11 is 0. The van der Waals surface area contributed by atoms with Gasteiger partial charge < -0.3 is 27.4 Å². The molecule has 0 saturated heterocycles. The number of rotatable bonds is 6. The number of amides is 1. The highest BCUT2D eigenvalue weighted by molar-refractivity contribution is 5.70. The molecule has 1 atom stereocenters. The number of terminal acetylenes is 1. The Balaban J connectivity index is 0.00000400. The normalized spacial score (nSPS) is 11.0. The Labute approximate surface area is 133 Å². The van der Waals surface area contributed by atoms with Crippen LogP contribution in [0.4, 0.5) is 4.79 Å². The molecule has 4 nitrogen and oxygen atoms in total. The van der Waals surface area contributed by atoms with E-state index in [0.717, 1.165) is 18.5 Å². The Hall–Kier alpha value is -1.70. The Kier molecular flexibility index (Phi) is 9.27. The molecule has 0 heterocycles. The molecule has 2 N–H and O–H groups in total. The molecular formula is C16H23ClN2O2. The van der Waals surface area contributed by atoms with Crippen LogP contribution in [0.2, 0.25) is 0 Å². The van der Waals surface area contributed by atoms with Crippen LogP contribution in [0.25, 0.3) is 0 Å². The minimum atomic E-state index is -0.336. The highest BCUT2D eigenvalue weighted by atomic mass is 35.5. The van der Waals surface area contributed by atoms with Crippen LogP contribution < -0.4 is 22.5 Å². The van der Waals surface area contributed by atoms with Crippen molar-refractivity contribution in [3.8, 4) is 18.1 Å². The van der Waals surface area contributed by atoms with Crippen molar-refractivity contribution in [2.24, 2.45) is 0 Å². The number of quaternary nitrogens is 1. The Bertz CT molecular complexity index is 485. The zero-order valence-corrected chi connectivity index (χ0v) is 13.6. The van der Waals surface area contributed by atoms with E-state index in [1.165, 1.54) is 4.90 Å². The van der Waals surface area contributed by atoms with Gasteiger partial charge in [0.25, 0.3) is 0 Å². The number of halogens is 1. The lowest BCUT2D eigenvalue weighted by Gasteiger charge is -2.14. The van der Waals surface area contributed by atoms with Gasteiger partial charge in [0.2, 0.25) is 0 Å². The molecule has 5 heteroatoms. The summed E-state index contributed by atoms with van der Waals surface area (Å²) in [5.41, 5.74) is 1.13. The van der Waals surface area contributed by atoms with Gasteiger partial charge in [-0.15, -0.1) is 6.42 Å². The molecule has 1 unspecified atom stereocenters. The largest absolute Gasteiger partial charge is 1.00 e. The molecule has 0 saturated carbocycles. The summed E-state index contributed by atoms with van der Waals surface area (Å²) in [7, 11) is 1.71. The molecule has 1 rings (SSSR count). The fourth-order valence-corrected chi connectivity index (χ4v) is 1.64. The van der Waals surface area contributed by atoms with E-state index < -0.39 is 0 Å². The number of carbonyl (C=O) groups excluding carboxylic acids is 1. The number of carbonyl (C=O) groups is 1. The van der Waals surface area contributed by atoms with E-state index >= 15 is 0 Å². The van der Waals surface area contributed by atoms with E-state index in [2.05, 4.69) is 11.2 Å². The molecule has 0 aliphatic heterocycles. The van der Waals surface area contributed by atoms with Gasteiger partial charge in [0.05, 0.1) is 6.54 Å². The Morgan fingerprint density at radius 2 is 2.24 bits per heavy atom. The summed E-state index contributed by atoms with van der Waals surface area (Å²) in [6.45, 7) is 5.44. The molecule has 1 amide bonds. The zero-order valence-electron chi connectivity index (χ0n) is 12.8. The van der Waals surface area contributed by atoms with Crippen molar-refractivity contribution < 1.29 is 27.3 Å². The van der Waals surface area contributed by atoms with Crippen molar-refractivity contribution in [3.63, 3.8) is 0 Å². The number of nitrogens with zero attached hydrogens (tertiary/aromatic N) is 1. The summed E-state index contributed by atoms with van der Waals surface area (Å²) < 4.78 is 5.30.